The Labute approximate surface area is 124 Å². The number of nitrogens with one attached hydrogen (secondary N) is 2. The fraction of sp³-hybridized carbons (Fsp3) is 0.933. The fourth-order valence-electron chi connectivity index (χ4n) is 3.49. The van der Waals surface area contributed by atoms with Gasteiger partial charge in [-0.25, -0.2) is 0 Å². The third-order valence-electron chi connectivity index (χ3n) is 5.02. The Morgan fingerprint density at radius 1 is 1.10 bits per heavy atom. The van der Waals surface area contributed by atoms with Crippen molar-refractivity contribution in [2.75, 3.05) is 13.1 Å². The zero-order chi connectivity index (χ0) is 15.5. The van der Waals surface area contributed by atoms with Crippen LogP contribution in [0.15, 0.2) is 0 Å². The van der Waals surface area contributed by atoms with E-state index in [1.165, 1.54) is 0 Å². The quantitative estimate of drug-likeness (QED) is 0.842. The summed E-state index contributed by atoms with van der Waals surface area (Å²) in [5.74, 6) is -1.04. The van der Waals surface area contributed by atoms with E-state index >= 15 is 0 Å². The van der Waals surface area contributed by atoms with Crippen molar-refractivity contribution in [2.45, 2.75) is 57.7 Å². The summed E-state index contributed by atoms with van der Waals surface area (Å²) >= 11 is 0. The van der Waals surface area contributed by atoms with Gasteiger partial charge in [-0.05, 0) is 64.5 Å². The van der Waals surface area contributed by atoms with Crippen molar-refractivity contribution >= 4 is 5.91 Å². The third-order valence-corrected chi connectivity index (χ3v) is 5.02. The highest BCUT2D eigenvalue weighted by Crippen LogP contribution is 2.39. The molecule has 122 valence electrons. The standard InChI is InChI=1S/C15H25F3N2O/c1-10(11-6-8-19-9-7-11)20-14(21)12-2-4-13(5-3-12)15(16,17)18/h10-13,19H,2-9H2,1H3,(H,20,21). The van der Waals surface area contributed by atoms with E-state index in [0.29, 0.717) is 18.8 Å². The first kappa shape index (κ1) is 16.6. The summed E-state index contributed by atoms with van der Waals surface area (Å²) in [7, 11) is 0. The average molecular weight is 306 g/mol. The summed E-state index contributed by atoms with van der Waals surface area (Å²) in [6, 6.07) is 0.111. The number of piperidine rings is 1. The second kappa shape index (κ2) is 6.99. The Morgan fingerprint density at radius 3 is 2.19 bits per heavy atom. The fourth-order valence-corrected chi connectivity index (χ4v) is 3.49. The molecule has 0 spiro atoms. The van der Waals surface area contributed by atoms with Gasteiger partial charge in [-0.1, -0.05) is 0 Å². The molecular weight excluding hydrogens is 281 g/mol. The smallest absolute Gasteiger partial charge is 0.353 e. The molecule has 2 N–H and O–H groups in total. The minimum atomic E-state index is -4.11. The lowest BCUT2D eigenvalue weighted by atomic mass is 9.81. The van der Waals surface area contributed by atoms with Gasteiger partial charge in [0.15, 0.2) is 0 Å². The predicted molar refractivity (Wildman–Crippen MR) is 74.7 cm³/mol. The summed E-state index contributed by atoms with van der Waals surface area (Å²) in [6.07, 6.45) is -1.13. The van der Waals surface area contributed by atoms with Gasteiger partial charge in [-0.3, -0.25) is 4.79 Å². The van der Waals surface area contributed by atoms with Crippen LogP contribution in [0.1, 0.15) is 45.4 Å². The molecule has 2 fully saturated rings. The van der Waals surface area contributed by atoms with Crippen LogP contribution < -0.4 is 10.6 Å². The SMILES string of the molecule is CC(NC(=O)C1CCC(C(F)(F)F)CC1)C1CCNCC1. The van der Waals surface area contributed by atoms with E-state index in [2.05, 4.69) is 10.6 Å². The number of rotatable bonds is 3. The second-order valence-electron chi connectivity index (χ2n) is 6.47. The van der Waals surface area contributed by atoms with Crippen LogP contribution in [-0.4, -0.2) is 31.2 Å². The van der Waals surface area contributed by atoms with Gasteiger partial charge in [0, 0.05) is 12.0 Å². The van der Waals surface area contributed by atoms with Crippen LogP contribution in [0.4, 0.5) is 13.2 Å². The van der Waals surface area contributed by atoms with Crippen LogP contribution in [0.2, 0.25) is 0 Å². The van der Waals surface area contributed by atoms with Crippen LogP contribution in [0.25, 0.3) is 0 Å². The average Bonchev–Trinajstić information content (AvgIpc) is 2.47. The predicted octanol–water partition coefficient (Wildman–Crippen LogP) is 2.86. The van der Waals surface area contributed by atoms with Crippen LogP contribution >= 0.6 is 0 Å². The van der Waals surface area contributed by atoms with Gasteiger partial charge in [0.25, 0.3) is 0 Å². The Kier molecular flexibility index (Phi) is 5.52. The molecule has 1 atom stereocenters. The monoisotopic (exact) mass is 306 g/mol. The van der Waals surface area contributed by atoms with Gasteiger partial charge in [-0.15, -0.1) is 0 Å². The molecule has 1 heterocycles. The van der Waals surface area contributed by atoms with Crippen LogP contribution in [0.5, 0.6) is 0 Å². The minimum Gasteiger partial charge on any atom is -0.353 e. The molecular formula is C15H25F3N2O. The topological polar surface area (TPSA) is 41.1 Å². The summed E-state index contributed by atoms with van der Waals surface area (Å²) < 4.78 is 37.8. The first-order valence-electron chi connectivity index (χ1n) is 7.95. The molecule has 2 rings (SSSR count). The molecule has 1 aliphatic carbocycles. The van der Waals surface area contributed by atoms with E-state index < -0.39 is 12.1 Å². The Hall–Kier alpha value is -0.780. The molecule has 1 amide bonds. The van der Waals surface area contributed by atoms with Gasteiger partial charge in [0.1, 0.15) is 0 Å². The van der Waals surface area contributed by atoms with Gasteiger partial charge in [-0.2, -0.15) is 13.2 Å². The van der Waals surface area contributed by atoms with E-state index in [9.17, 15) is 18.0 Å². The number of amides is 1. The lowest BCUT2D eigenvalue weighted by Crippen LogP contribution is -2.45. The third kappa shape index (κ3) is 4.59. The molecule has 21 heavy (non-hydrogen) atoms. The number of halogens is 3. The molecule has 3 nitrogen and oxygen atoms in total. The lowest BCUT2D eigenvalue weighted by Gasteiger charge is -2.32. The number of carbonyl (C=O) groups excluding carboxylic acids is 1. The number of carbonyl (C=O) groups is 1. The van der Waals surface area contributed by atoms with Gasteiger partial charge in [0.2, 0.25) is 5.91 Å². The molecule has 1 aliphatic heterocycles. The number of hydrogen-bond acceptors (Lipinski definition) is 2. The summed E-state index contributed by atoms with van der Waals surface area (Å²) in [6.45, 7) is 3.96. The normalized spacial score (nSPS) is 29.9. The maximum atomic E-state index is 12.6. The summed E-state index contributed by atoms with van der Waals surface area (Å²) in [4.78, 5) is 12.2. The Morgan fingerprint density at radius 2 is 1.67 bits per heavy atom. The van der Waals surface area contributed by atoms with E-state index in [1.807, 2.05) is 6.92 Å². The maximum absolute atomic E-state index is 12.6. The van der Waals surface area contributed by atoms with Gasteiger partial charge >= 0.3 is 6.18 Å². The minimum absolute atomic E-state index is 0.0540. The van der Waals surface area contributed by atoms with Crippen molar-refractivity contribution in [2.24, 2.45) is 17.8 Å². The number of hydrogen-bond donors (Lipinski definition) is 2. The summed E-state index contributed by atoms with van der Waals surface area (Å²) in [5, 5.41) is 6.31. The molecule has 6 heteroatoms. The molecule has 0 aromatic rings. The van der Waals surface area contributed by atoms with E-state index in [1.54, 1.807) is 0 Å². The molecule has 0 bridgehead atoms. The zero-order valence-corrected chi connectivity index (χ0v) is 12.5. The van der Waals surface area contributed by atoms with E-state index in [4.69, 9.17) is 0 Å². The zero-order valence-electron chi connectivity index (χ0n) is 12.5. The van der Waals surface area contributed by atoms with Crippen molar-refractivity contribution in [3.05, 3.63) is 0 Å². The van der Waals surface area contributed by atoms with Crippen molar-refractivity contribution in [1.82, 2.24) is 10.6 Å². The maximum Gasteiger partial charge on any atom is 0.391 e. The van der Waals surface area contributed by atoms with Crippen molar-refractivity contribution in [3.8, 4) is 0 Å². The molecule has 0 radical (unpaired) electrons. The molecule has 1 unspecified atom stereocenters. The highest BCUT2D eigenvalue weighted by atomic mass is 19.4. The number of alkyl halides is 3. The highest BCUT2D eigenvalue weighted by Gasteiger charge is 2.42. The van der Waals surface area contributed by atoms with Gasteiger partial charge < -0.3 is 10.6 Å². The van der Waals surface area contributed by atoms with Crippen LogP contribution in [0, 0.1) is 17.8 Å². The van der Waals surface area contributed by atoms with E-state index in [0.717, 1.165) is 25.9 Å². The van der Waals surface area contributed by atoms with Crippen molar-refractivity contribution < 1.29 is 18.0 Å². The molecule has 1 saturated heterocycles. The Bertz CT molecular complexity index is 345. The Balaban J connectivity index is 1.76. The molecule has 2 aliphatic rings. The first-order valence-corrected chi connectivity index (χ1v) is 7.95. The van der Waals surface area contributed by atoms with Crippen LogP contribution in [-0.2, 0) is 4.79 Å². The van der Waals surface area contributed by atoms with Gasteiger partial charge in [0.05, 0.1) is 5.92 Å². The highest BCUT2D eigenvalue weighted by molar-refractivity contribution is 5.79. The largest absolute Gasteiger partial charge is 0.391 e. The lowest BCUT2D eigenvalue weighted by molar-refractivity contribution is -0.184. The first-order chi connectivity index (χ1) is 9.88. The van der Waals surface area contributed by atoms with Crippen LogP contribution in [0.3, 0.4) is 0 Å². The molecule has 1 saturated carbocycles. The molecule has 0 aromatic heterocycles. The van der Waals surface area contributed by atoms with E-state index in [-0.39, 0.29) is 30.7 Å². The van der Waals surface area contributed by atoms with Crippen molar-refractivity contribution in [1.29, 1.82) is 0 Å². The molecule has 0 aromatic carbocycles. The van der Waals surface area contributed by atoms with Crippen molar-refractivity contribution in [3.63, 3.8) is 0 Å². The second-order valence-corrected chi connectivity index (χ2v) is 6.47. The summed E-state index contributed by atoms with van der Waals surface area (Å²) in [5.41, 5.74) is 0.